The number of hydrogen-bond acceptors (Lipinski definition) is 6. The van der Waals surface area contributed by atoms with E-state index >= 15 is 0 Å². The first kappa shape index (κ1) is 17.5. The highest BCUT2D eigenvalue weighted by atomic mass is 32.2. The van der Waals surface area contributed by atoms with Gasteiger partial charge in [0.15, 0.2) is 0 Å². The second-order valence-corrected chi connectivity index (χ2v) is 5.93. The van der Waals surface area contributed by atoms with Crippen LogP contribution in [-0.2, 0) is 19.5 Å². The number of hydrogen-bond donors (Lipinski definition) is 1. The Morgan fingerprint density at radius 1 is 1.05 bits per heavy atom. The first-order valence-corrected chi connectivity index (χ1v) is 7.97. The fourth-order valence-corrected chi connectivity index (χ4v) is 2.46. The minimum atomic E-state index is -3.51. The minimum Gasteiger partial charge on any atom is -0.497 e. The molecule has 8 heteroatoms. The van der Waals surface area contributed by atoms with Crippen LogP contribution in [0.2, 0.25) is 0 Å². The average Bonchev–Trinajstić information content (AvgIpc) is 2.47. The van der Waals surface area contributed by atoms with Crippen molar-refractivity contribution in [3.05, 3.63) is 18.2 Å². The normalized spacial score (nSPS) is 11.2. The Hall–Kier alpha value is -1.51. The Kier molecular flexibility index (Phi) is 7.27. The number of methoxy groups -OCH3 is 3. The third kappa shape index (κ3) is 6.19. The van der Waals surface area contributed by atoms with Gasteiger partial charge in [-0.2, -0.15) is 0 Å². The van der Waals surface area contributed by atoms with Crippen LogP contribution in [0.4, 0.5) is 5.69 Å². The zero-order chi connectivity index (χ0) is 15.7. The van der Waals surface area contributed by atoms with Crippen LogP contribution in [0.5, 0.6) is 11.5 Å². The molecule has 1 aromatic rings. The van der Waals surface area contributed by atoms with E-state index in [1.54, 1.807) is 25.3 Å². The van der Waals surface area contributed by atoms with Crippen LogP contribution >= 0.6 is 0 Å². The summed E-state index contributed by atoms with van der Waals surface area (Å²) >= 11 is 0. The highest BCUT2D eigenvalue weighted by Crippen LogP contribution is 2.29. The van der Waals surface area contributed by atoms with Gasteiger partial charge in [-0.3, -0.25) is 4.72 Å². The van der Waals surface area contributed by atoms with Crippen molar-refractivity contribution in [1.29, 1.82) is 0 Å². The topological polar surface area (TPSA) is 83.1 Å². The molecule has 0 fully saturated rings. The predicted molar refractivity (Wildman–Crippen MR) is 79.7 cm³/mol. The van der Waals surface area contributed by atoms with Gasteiger partial charge in [0.2, 0.25) is 10.0 Å². The van der Waals surface area contributed by atoms with Crippen molar-refractivity contribution in [3.8, 4) is 11.5 Å². The molecule has 1 rings (SSSR count). The number of sulfonamides is 1. The molecule has 120 valence electrons. The van der Waals surface area contributed by atoms with Crippen molar-refractivity contribution in [2.24, 2.45) is 0 Å². The molecule has 0 aliphatic rings. The Labute approximate surface area is 125 Å². The zero-order valence-electron chi connectivity index (χ0n) is 12.4. The Balaban J connectivity index is 2.62. The van der Waals surface area contributed by atoms with Crippen LogP contribution in [0.3, 0.4) is 0 Å². The van der Waals surface area contributed by atoms with Gasteiger partial charge < -0.3 is 18.9 Å². The molecule has 0 saturated heterocycles. The quantitative estimate of drug-likeness (QED) is 0.651. The molecule has 0 saturated carbocycles. The van der Waals surface area contributed by atoms with Crippen LogP contribution in [0, 0.1) is 0 Å². The molecular formula is C13H21NO6S. The van der Waals surface area contributed by atoms with E-state index in [0.29, 0.717) is 30.4 Å². The minimum absolute atomic E-state index is 0.0944. The van der Waals surface area contributed by atoms with E-state index in [1.165, 1.54) is 14.2 Å². The van der Waals surface area contributed by atoms with Gasteiger partial charge in [-0.05, 0) is 12.1 Å². The van der Waals surface area contributed by atoms with Crippen LogP contribution in [0.25, 0.3) is 0 Å². The SMILES string of the molecule is COCCOCCS(=O)(=O)Nc1ccc(OC)cc1OC. The Morgan fingerprint density at radius 2 is 1.81 bits per heavy atom. The molecule has 0 spiro atoms. The van der Waals surface area contributed by atoms with E-state index in [1.807, 2.05) is 0 Å². The average molecular weight is 319 g/mol. The fraction of sp³-hybridized carbons (Fsp3) is 0.538. The van der Waals surface area contributed by atoms with Gasteiger partial charge in [0, 0.05) is 13.2 Å². The van der Waals surface area contributed by atoms with Crippen LogP contribution in [-0.4, -0.2) is 55.3 Å². The van der Waals surface area contributed by atoms with Crippen molar-refractivity contribution >= 4 is 15.7 Å². The summed E-state index contributed by atoms with van der Waals surface area (Å²) in [4.78, 5) is 0. The van der Waals surface area contributed by atoms with Gasteiger partial charge in [0.1, 0.15) is 11.5 Å². The molecule has 0 unspecified atom stereocenters. The number of rotatable bonds is 10. The number of anilines is 1. The molecule has 0 bridgehead atoms. The largest absolute Gasteiger partial charge is 0.497 e. The first-order chi connectivity index (χ1) is 10.0. The van der Waals surface area contributed by atoms with Crippen LogP contribution in [0.1, 0.15) is 0 Å². The summed E-state index contributed by atoms with van der Waals surface area (Å²) in [5, 5.41) is 0. The van der Waals surface area contributed by atoms with Crippen LogP contribution in [0.15, 0.2) is 18.2 Å². The fourth-order valence-electron chi connectivity index (χ4n) is 1.51. The van der Waals surface area contributed by atoms with E-state index in [9.17, 15) is 8.42 Å². The molecular weight excluding hydrogens is 298 g/mol. The van der Waals surface area contributed by atoms with Gasteiger partial charge in [-0.25, -0.2) is 8.42 Å². The lowest BCUT2D eigenvalue weighted by atomic mass is 10.3. The van der Waals surface area contributed by atoms with Crippen molar-refractivity contribution in [2.45, 2.75) is 0 Å². The lowest BCUT2D eigenvalue weighted by molar-refractivity contribution is 0.0785. The summed E-state index contributed by atoms with van der Waals surface area (Å²) in [6.07, 6.45) is 0. The van der Waals surface area contributed by atoms with Crippen molar-refractivity contribution in [2.75, 3.05) is 51.6 Å². The summed E-state index contributed by atoms with van der Waals surface area (Å²) in [6, 6.07) is 4.84. The summed E-state index contributed by atoms with van der Waals surface area (Å²) in [5.41, 5.74) is 0.357. The third-order valence-corrected chi connectivity index (χ3v) is 3.84. The highest BCUT2D eigenvalue weighted by Gasteiger charge is 2.14. The second kappa shape index (κ2) is 8.71. The van der Waals surface area contributed by atoms with E-state index in [4.69, 9.17) is 18.9 Å². The van der Waals surface area contributed by atoms with Crippen LogP contribution < -0.4 is 14.2 Å². The molecule has 0 amide bonds. The monoisotopic (exact) mass is 319 g/mol. The highest BCUT2D eigenvalue weighted by molar-refractivity contribution is 7.92. The number of nitrogens with one attached hydrogen (secondary N) is 1. The van der Waals surface area contributed by atoms with Gasteiger partial charge in [0.05, 0.1) is 45.5 Å². The second-order valence-electron chi connectivity index (χ2n) is 4.09. The summed E-state index contributed by atoms with van der Waals surface area (Å²) in [7, 11) is 1.03. The van der Waals surface area contributed by atoms with E-state index in [0.717, 1.165) is 0 Å². The standard InChI is InChI=1S/C13H21NO6S/c1-17-6-7-20-8-9-21(15,16)14-12-5-4-11(18-2)10-13(12)19-3/h4-5,10,14H,6-9H2,1-3H3. The molecule has 0 aliphatic carbocycles. The summed E-state index contributed by atoms with van der Waals surface area (Å²) in [6.45, 7) is 0.884. The van der Waals surface area contributed by atoms with E-state index in [2.05, 4.69) is 4.72 Å². The predicted octanol–water partition coefficient (Wildman–Crippen LogP) is 1.11. The molecule has 1 N–H and O–H groups in total. The molecule has 1 aromatic carbocycles. The Bertz CT molecular complexity index is 531. The maximum absolute atomic E-state index is 11.9. The van der Waals surface area contributed by atoms with E-state index in [-0.39, 0.29) is 12.4 Å². The van der Waals surface area contributed by atoms with Gasteiger partial charge in [-0.1, -0.05) is 0 Å². The number of ether oxygens (including phenoxy) is 4. The zero-order valence-corrected chi connectivity index (χ0v) is 13.2. The molecule has 0 radical (unpaired) electrons. The van der Waals surface area contributed by atoms with Gasteiger partial charge in [0.25, 0.3) is 0 Å². The maximum Gasteiger partial charge on any atom is 0.235 e. The molecule has 21 heavy (non-hydrogen) atoms. The van der Waals surface area contributed by atoms with Gasteiger partial charge >= 0.3 is 0 Å². The summed E-state index contributed by atoms with van der Waals surface area (Å²) in [5.74, 6) is 0.822. The van der Waals surface area contributed by atoms with E-state index < -0.39 is 10.0 Å². The lowest BCUT2D eigenvalue weighted by Crippen LogP contribution is -2.21. The third-order valence-electron chi connectivity index (χ3n) is 2.60. The molecule has 0 aromatic heterocycles. The smallest absolute Gasteiger partial charge is 0.235 e. The maximum atomic E-state index is 11.9. The van der Waals surface area contributed by atoms with Crippen molar-refractivity contribution < 1.29 is 27.4 Å². The molecule has 7 nitrogen and oxygen atoms in total. The number of benzene rings is 1. The van der Waals surface area contributed by atoms with Crippen molar-refractivity contribution in [1.82, 2.24) is 0 Å². The molecule has 0 heterocycles. The first-order valence-electron chi connectivity index (χ1n) is 6.31. The molecule has 0 aliphatic heterocycles. The van der Waals surface area contributed by atoms with Gasteiger partial charge in [-0.15, -0.1) is 0 Å². The Morgan fingerprint density at radius 3 is 2.43 bits per heavy atom. The summed E-state index contributed by atoms with van der Waals surface area (Å²) < 4.78 is 46.5. The lowest BCUT2D eigenvalue weighted by Gasteiger charge is -2.13. The molecule has 0 atom stereocenters. The van der Waals surface area contributed by atoms with Crippen molar-refractivity contribution in [3.63, 3.8) is 0 Å².